The van der Waals surface area contributed by atoms with Crippen LogP contribution in [-0.4, -0.2) is 51.3 Å². The molecule has 1 atom stereocenters. The number of hydrogen-bond donors (Lipinski definition) is 1. The number of nitrogens with one attached hydrogen (secondary N) is 1. The first-order chi connectivity index (χ1) is 9.56. The van der Waals surface area contributed by atoms with E-state index < -0.39 is 0 Å². The summed E-state index contributed by atoms with van der Waals surface area (Å²) in [6.45, 7) is 3.42. The summed E-state index contributed by atoms with van der Waals surface area (Å²) >= 11 is 0. The van der Waals surface area contributed by atoms with Crippen LogP contribution in [0.25, 0.3) is 0 Å². The molecule has 1 unspecified atom stereocenters. The van der Waals surface area contributed by atoms with Crippen molar-refractivity contribution in [1.82, 2.24) is 4.90 Å². The number of hydrogen-bond acceptors (Lipinski definition) is 5. The van der Waals surface area contributed by atoms with Crippen LogP contribution >= 0.6 is 0 Å². The number of anilines is 1. The Kier molecular flexibility index (Phi) is 6.87. The fraction of sp³-hybridized carbons (Fsp3) is 0.533. The van der Waals surface area contributed by atoms with Crippen LogP contribution in [0, 0.1) is 0 Å². The summed E-state index contributed by atoms with van der Waals surface area (Å²) in [7, 11) is 5.40. The Morgan fingerprint density at radius 2 is 2.15 bits per heavy atom. The third-order valence-electron chi connectivity index (χ3n) is 2.88. The summed E-state index contributed by atoms with van der Waals surface area (Å²) in [4.78, 5) is 13.6. The van der Waals surface area contributed by atoms with E-state index in [1.54, 1.807) is 0 Å². The molecule has 1 aromatic rings. The van der Waals surface area contributed by atoms with Crippen molar-refractivity contribution in [2.24, 2.45) is 0 Å². The van der Waals surface area contributed by atoms with E-state index >= 15 is 0 Å². The minimum atomic E-state index is -0.336. The molecule has 0 amide bonds. The molecule has 0 bridgehead atoms. The van der Waals surface area contributed by atoms with Crippen LogP contribution in [-0.2, 0) is 9.53 Å². The maximum Gasteiger partial charge on any atom is 0.328 e. The third kappa shape index (κ3) is 5.48. The minimum absolute atomic E-state index is 0.258. The second-order valence-corrected chi connectivity index (χ2v) is 4.81. The van der Waals surface area contributed by atoms with Gasteiger partial charge in [0, 0.05) is 18.3 Å². The number of carbonyl (C=O) groups excluding carboxylic acids is 1. The zero-order chi connectivity index (χ0) is 15.0. The number of likely N-dealkylation sites (N-methyl/N-ethyl adjacent to an activating group) is 1. The van der Waals surface area contributed by atoms with Crippen LogP contribution in [0.2, 0.25) is 0 Å². The first-order valence-corrected chi connectivity index (χ1v) is 6.78. The van der Waals surface area contributed by atoms with Crippen LogP contribution in [0.1, 0.15) is 13.3 Å². The van der Waals surface area contributed by atoms with E-state index in [9.17, 15) is 4.79 Å². The van der Waals surface area contributed by atoms with Gasteiger partial charge in [0.25, 0.3) is 0 Å². The molecular formula is C15H24N2O3. The molecule has 112 valence electrons. The van der Waals surface area contributed by atoms with Crippen LogP contribution < -0.4 is 10.1 Å². The second kappa shape index (κ2) is 8.43. The van der Waals surface area contributed by atoms with Crippen molar-refractivity contribution in [1.29, 1.82) is 0 Å². The van der Waals surface area contributed by atoms with Gasteiger partial charge in [-0.3, -0.25) is 0 Å². The number of rotatable bonds is 8. The number of ether oxygens (including phenoxy) is 2. The summed E-state index contributed by atoms with van der Waals surface area (Å²) in [5.41, 5.74) is 0.851. The SMILES string of the molecule is CCC(Nc1cccc(OCCN(C)C)c1)C(=O)OC. The van der Waals surface area contributed by atoms with Gasteiger partial charge in [-0.15, -0.1) is 0 Å². The molecular weight excluding hydrogens is 256 g/mol. The molecule has 1 rings (SSSR count). The van der Waals surface area contributed by atoms with E-state index in [-0.39, 0.29) is 12.0 Å². The Morgan fingerprint density at radius 1 is 1.40 bits per heavy atom. The summed E-state index contributed by atoms with van der Waals surface area (Å²) in [5.74, 6) is 0.531. The fourth-order valence-corrected chi connectivity index (χ4v) is 1.69. The highest BCUT2D eigenvalue weighted by molar-refractivity contribution is 5.79. The molecule has 0 aliphatic heterocycles. The Hall–Kier alpha value is -1.75. The highest BCUT2D eigenvalue weighted by atomic mass is 16.5. The maximum atomic E-state index is 11.6. The molecule has 0 fully saturated rings. The fourth-order valence-electron chi connectivity index (χ4n) is 1.69. The van der Waals surface area contributed by atoms with E-state index in [1.807, 2.05) is 45.3 Å². The van der Waals surface area contributed by atoms with Crippen LogP contribution in [0.5, 0.6) is 5.75 Å². The van der Waals surface area contributed by atoms with Gasteiger partial charge in [0.15, 0.2) is 0 Å². The van der Waals surface area contributed by atoms with Crippen molar-refractivity contribution in [3.05, 3.63) is 24.3 Å². The van der Waals surface area contributed by atoms with E-state index in [0.29, 0.717) is 13.0 Å². The van der Waals surface area contributed by atoms with Crippen LogP contribution in [0.15, 0.2) is 24.3 Å². The Balaban J connectivity index is 2.60. The van der Waals surface area contributed by atoms with Gasteiger partial charge in [0.05, 0.1) is 7.11 Å². The van der Waals surface area contributed by atoms with Gasteiger partial charge < -0.3 is 19.7 Å². The molecule has 0 aliphatic rings. The standard InChI is InChI=1S/C15H24N2O3/c1-5-14(15(18)19-4)16-12-7-6-8-13(11-12)20-10-9-17(2)3/h6-8,11,14,16H,5,9-10H2,1-4H3. The van der Waals surface area contributed by atoms with Crippen molar-refractivity contribution in [3.8, 4) is 5.75 Å². The number of nitrogens with zero attached hydrogens (tertiary/aromatic N) is 1. The minimum Gasteiger partial charge on any atom is -0.492 e. The van der Waals surface area contributed by atoms with Crippen molar-refractivity contribution in [3.63, 3.8) is 0 Å². The molecule has 0 saturated heterocycles. The Labute approximate surface area is 120 Å². The quantitative estimate of drug-likeness (QED) is 0.738. The van der Waals surface area contributed by atoms with Crippen molar-refractivity contribution in [2.45, 2.75) is 19.4 Å². The summed E-state index contributed by atoms with van der Waals surface area (Å²) < 4.78 is 10.4. The van der Waals surface area contributed by atoms with E-state index in [0.717, 1.165) is 18.0 Å². The van der Waals surface area contributed by atoms with Gasteiger partial charge in [-0.1, -0.05) is 13.0 Å². The Morgan fingerprint density at radius 3 is 2.75 bits per heavy atom. The van der Waals surface area contributed by atoms with Gasteiger partial charge in [-0.05, 0) is 32.6 Å². The number of esters is 1. The topological polar surface area (TPSA) is 50.8 Å². The maximum absolute atomic E-state index is 11.6. The molecule has 5 nitrogen and oxygen atoms in total. The lowest BCUT2D eigenvalue weighted by atomic mass is 10.2. The first kappa shape index (κ1) is 16.3. The van der Waals surface area contributed by atoms with Crippen LogP contribution in [0.4, 0.5) is 5.69 Å². The number of carbonyl (C=O) groups is 1. The normalized spacial score (nSPS) is 12.1. The highest BCUT2D eigenvalue weighted by Gasteiger charge is 2.16. The van der Waals surface area contributed by atoms with Crippen molar-refractivity contribution >= 4 is 11.7 Å². The molecule has 1 N–H and O–H groups in total. The van der Waals surface area contributed by atoms with E-state index in [2.05, 4.69) is 10.2 Å². The predicted molar refractivity (Wildman–Crippen MR) is 80.2 cm³/mol. The second-order valence-electron chi connectivity index (χ2n) is 4.81. The smallest absolute Gasteiger partial charge is 0.328 e. The molecule has 5 heteroatoms. The molecule has 0 aliphatic carbocycles. The lowest BCUT2D eigenvalue weighted by Gasteiger charge is -2.17. The van der Waals surface area contributed by atoms with E-state index in [4.69, 9.17) is 9.47 Å². The summed E-state index contributed by atoms with van der Waals surface area (Å²) in [6.07, 6.45) is 0.665. The highest BCUT2D eigenvalue weighted by Crippen LogP contribution is 2.18. The average Bonchev–Trinajstić information content (AvgIpc) is 2.44. The van der Waals surface area contributed by atoms with Gasteiger partial charge in [-0.2, -0.15) is 0 Å². The first-order valence-electron chi connectivity index (χ1n) is 6.78. The number of methoxy groups -OCH3 is 1. The van der Waals surface area contributed by atoms with Crippen molar-refractivity contribution in [2.75, 3.05) is 39.7 Å². The van der Waals surface area contributed by atoms with Gasteiger partial charge >= 0.3 is 5.97 Å². The van der Waals surface area contributed by atoms with Crippen LogP contribution in [0.3, 0.4) is 0 Å². The largest absolute Gasteiger partial charge is 0.492 e. The Bertz CT molecular complexity index is 421. The molecule has 1 aromatic carbocycles. The van der Waals surface area contributed by atoms with Gasteiger partial charge in [0.2, 0.25) is 0 Å². The van der Waals surface area contributed by atoms with Gasteiger partial charge in [0.1, 0.15) is 18.4 Å². The van der Waals surface area contributed by atoms with Gasteiger partial charge in [-0.25, -0.2) is 4.79 Å². The molecule has 0 aromatic heterocycles. The number of benzene rings is 1. The monoisotopic (exact) mass is 280 g/mol. The zero-order valence-electron chi connectivity index (χ0n) is 12.7. The summed E-state index contributed by atoms with van der Waals surface area (Å²) in [6, 6.07) is 7.26. The molecule has 20 heavy (non-hydrogen) atoms. The predicted octanol–water partition coefficient (Wildman–Crippen LogP) is 1.99. The molecule has 0 radical (unpaired) electrons. The molecule has 0 saturated carbocycles. The molecule has 0 spiro atoms. The lowest BCUT2D eigenvalue weighted by molar-refractivity contribution is -0.141. The van der Waals surface area contributed by atoms with Crippen molar-refractivity contribution < 1.29 is 14.3 Å². The average molecular weight is 280 g/mol. The zero-order valence-corrected chi connectivity index (χ0v) is 12.7. The summed E-state index contributed by atoms with van der Waals surface area (Å²) in [5, 5.41) is 3.15. The van der Waals surface area contributed by atoms with E-state index in [1.165, 1.54) is 7.11 Å². The lowest BCUT2D eigenvalue weighted by Crippen LogP contribution is -2.29. The third-order valence-corrected chi connectivity index (χ3v) is 2.88. The molecule has 0 heterocycles.